The molecule has 0 aromatic heterocycles. The number of carbonyl (C=O) groups excluding carboxylic acids is 1. The highest BCUT2D eigenvalue weighted by Crippen LogP contribution is 2.23. The van der Waals surface area contributed by atoms with E-state index in [-0.39, 0.29) is 18.6 Å². The molecule has 5 nitrogen and oxygen atoms in total. The average molecular weight is 242 g/mol. The zero-order valence-electron chi connectivity index (χ0n) is 10.5. The first kappa shape index (κ1) is 13.8. The first-order valence-corrected chi connectivity index (χ1v) is 6.26. The molecule has 1 aliphatic carbocycles. The van der Waals surface area contributed by atoms with Crippen molar-refractivity contribution in [1.82, 2.24) is 10.6 Å². The Labute approximate surface area is 102 Å². The smallest absolute Gasteiger partial charge is 0.315 e. The van der Waals surface area contributed by atoms with Crippen molar-refractivity contribution in [3.8, 4) is 0 Å². The predicted molar refractivity (Wildman–Crippen MR) is 64.8 cm³/mol. The van der Waals surface area contributed by atoms with Crippen molar-refractivity contribution in [2.24, 2.45) is 11.8 Å². The number of rotatable bonds is 4. The molecular weight excluding hydrogens is 220 g/mol. The molecule has 1 aliphatic rings. The van der Waals surface area contributed by atoms with Gasteiger partial charge < -0.3 is 15.7 Å². The second-order valence-corrected chi connectivity index (χ2v) is 5.05. The lowest BCUT2D eigenvalue weighted by molar-refractivity contribution is -0.140. The maximum atomic E-state index is 11.5. The third-order valence-electron chi connectivity index (χ3n) is 3.34. The van der Waals surface area contributed by atoms with Gasteiger partial charge in [0.05, 0.1) is 5.92 Å². The lowest BCUT2D eigenvalue weighted by atomic mass is 9.87. The summed E-state index contributed by atoms with van der Waals surface area (Å²) in [5, 5.41) is 14.2. The predicted octanol–water partition coefficient (Wildman–Crippen LogP) is 1.58. The fourth-order valence-electron chi connectivity index (χ4n) is 1.97. The van der Waals surface area contributed by atoms with Crippen LogP contribution in [0.5, 0.6) is 0 Å². The van der Waals surface area contributed by atoms with E-state index in [0.717, 1.165) is 31.6 Å². The minimum absolute atomic E-state index is 0.171. The standard InChI is InChI=1S/C12H22N2O3/c1-8-3-5-10(6-4-8)14-12(17)13-7-9(2)11(15)16/h8-10H,3-7H2,1-2H3,(H,15,16)(H2,13,14,17). The van der Waals surface area contributed by atoms with Crippen LogP contribution in [0.15, 0.2) is 0 Å². The molecular formula is C12H22N2O3. The van der Waals surface area contributed by atoms with Crippen molar-refractivity contribution in [2.45, 2.75) is 45.6 Å². The van der Waals surface area contributed by atoms with Gasteiger partial charge in [-0.15, -0.1) is 0 Å². The third kappa shape index (κ3) is 5.06. The van der Waals surface area contributed by atoms with Gasteiger partial charge in [-0.2, -0.15) is 0 Å². The van der Waals surface area contributed by atoms with Gasteiger partial charge in [0.25, 0.3) is 0 Å². The summed E-state index contributed by atoms with van der Waals surface area (Å²) >= 11 is 0. The summed E-state index contributed by atoms with van der Waals surface area (Å²) in [6, 6.07) is -0.0102. The number of carboxylic acids is 1. The Morgan fingerprint density at radius 1 is 1.29 bits per heavy atom. The van der Waals surface area contributed by atoms with E-state index in [2.05, 4.69) is 17.6 Å². The number of hydrogen-bond donors (Lipinski definition) is 3. The molecule has 3 N–H and O–H groups in total. The molecule has 0 aliphatic heterocycles. The molecule has 0 aromatic carbocycles. The van der Waals surface area contributed by atoms with Crippen LogP contribution >= 0.6 is 0 Å². The molecule has 5 heteroatoms. The summed E-state index contributed by atoms with van der Waals surface area (Å²) in [7, 11) is 0. The van der Waals surface area contributed by atoms with Crippen LogP contribution in [0.1, 0.15) is 39.5 Å². The molecule has 1 atom stereocenters. The third-order valence-corrected chi connectivity index (χ3v) is 3.34. The van der Waals surface area contributed by atoms with Crippen molar-refractivity contribution in [2.75, 3.05) is 6.54 Å². The number of carboxylic acid groups (broad SMARTS) is 1. The Kier molecular flexibility index (Phi) is 5.25. The molecule has 0 aromatic rings. The Morgan fingerprint density at radius 2 is 1.88 bits per heavy atom. The highest BCUT2D eigenvalue weighted by atomic mass is 16.4. The molecule has 2 amide bonds. The molecule has 0 bridgehead atoms. The van der Waals surface area contributed by atoms with Gasteiger partial charge in [0.15, 0.2) is 0 Å². The Morgan fingerprint density at radius 3 is 2.41 bits per heavy atom. The van der Waals surface area contributed by atoms with Crippen LogP contribution < -0.4 is 10.6 Å². The van der Waals surface area contributed by atoms with Crippen LogP contribution in [0.3, 0.4) is 0 Å². The largest absolute Gasteiger partial charge is 0.481 e. The fourth-order valence-corrected chi connectivity index (χ4v) is 1.97. The van der Waals surface area contributed by atoms with Gasteiger partial charge in [-0.05, 0) is 31.6 Å². The van der Waals surface area contributed by atoms with Crippen LogP contribution in [0.2, 0.25) is 0 Å². The van der Waals surface area contributed by atoms with Crippen molar-refractivity contribution in [1.29, 1.82) is 0 Å². The Balaban J connectivity index is 2.19. The highest BCUT2D eigenvalue weighted by Gasteiger charge is 2.20. The number of urea groups is 1. The van der Waals surface area contributed by atoms with Gasteiger partial charge in [0, 0.05) is 12.6 Å². The van der Waals surface area contributed by atoms with E-state index < -0.39 is 11.9 Å². The second-order valence-electron chi connectivity index (χ2n) is 5.05. The van der Waals surface area contributed by atoms with Crippen molar-refractivity contribution in [3.05, 3.63) is 0 Å². The first-order valence-electron chi connectivity index (χ1n) is 6.26. The first-order chi connectivity index (χ1) is 7.99. The van der Waals surface area contributed by atoms with Gasteiger partial charge in [0.2, 0.25) is 0 Å². The minimum atomic E-state index is -0.892. The summed E-state index contributed by atoms with van der Waals surface area (Å²) in [5.74, 6) is -0.688. The van der Waals surface area contributed by atoms with Crippen LogP contribution in [0.4, 0.5) is 4.79 Å². The van der Waals surface area contributed by atoms with Crippen LogP contribution in [-0.2, 0) is 4.79 Å². The number of aliphatic carboxylic acids is 1. The van der Waals surface area contributed by atoms with E-state index in [1.54, 1.807) is 6.92 Å². The summed E-state index contributed by atoms with van der Waals surface area (Å²) < 4.78 is 0. The Bertz CT molecular complexity index is 273. The van der Waals surface area contributed by atoms with E-state index in [9.17, 15) is 9.59 Å². The Hall–Kier alpha value is -1.26. The van der Waals surface area contributed by atoms with Crippen LogP contribution in [0, 0.1) is 11.8 Å². The SMILES string of the molecule is CC1CCC(NC(=O)NCC(C)C(=O)O)CC1. The van der Waals surface area contributed by atoms with E-state index >= 15 is 0 Å². The maximum Gasteiger partial charge on any atom is 0.315 e. The van der Waals surface area contributed by atoms with Gasteiger partial charge in [-0.25, -0.2) is 4.79 Å². The summed E-state index contributed by atoms with van der Waals surface area (Å²) in [4.78, 5) is 22.1. The lowest BCUT2D eigenvalue weighted by Crippen LogP contribution is -2.45. The van der Waals surface area contributed by atoms with Crippen LogP contribution in [-0.4, -0.2) is 29.7 Å². The van der Waals surface area contributed by atoms with E-state index in [1.807, 2.05) is 0 Å². The highest BCUT2D eigenvalue weighted by molar-refractivity contribution is 5.75. The number of carbonyl (C=O) groups is 2. The maximum absolute atomic E-state index is 11.5. The van der Waals surface area contributed by atoms with Gasteiger partial charge in [0.1, 0.15) is 0 Å². The van der Waals surface area contributed by atoms with Gasteiger partial charge >= 0.3 is 12.0 Å². The number of hydrogen-bond acceptors (Lipinski definition) is 2. The molecule has 0 radical (unpaired) electrons. The molecule has 17 heavy (non-hydrogen) atoms. The van der Waals surface area contributed by atoms with E-state index in [0.29, 0.717) is 0 Å². The lowest BCUT2D eigenvalue weighted by Gasteiger charge is -2.27. The average Bonchev–Trinajstić information content (AvgIpc) is 2.29. The van der Waals surface area contributed by atoms with Gasteiger partial charge in [-0.3, -0.25) is 4.79 Å². The molecule has 98 valence electrons. The zero-order valence-corrected chi connectivity index (χ0v) is 10.5. The normalized spacial score (nSPS) is 26.0. The van der Waals surface area contributed by atoms with Crippen molar-refractivity contribution >= 4 is 12.0 Å². The topological polar surface area (TPSA) is 78.4 Å². The summed E-state index contributed by atoms with van der Waals surface area (Å²) in [5.41, 5.74) is 0. The van der Waals surface area contributed by atoms with Crippen LogP contribution in [0.25, 0.3) is 0 Å². The monoisotopic (exact) mass is 242 g/mol. The van der Waals surface area contributed by atoms with Crippen molar-refractivity contribution in [3.63, 3.8) is 0 Å². The molecule has 1 rings (SSSR count). The van der Waals surface area contributed by atoms with E-state index in [1.165, 1.54) is 0 Å². The van der Waals surface area contributed by atoms with Gasteiger partial charge in [-0.1, -0.05) is 13.8 Å². The van der Waals surface area contributed by atoms with E-state index in [4.69, 9.17) is 5.11 Å². The number of nitrogens with one attached hydrogen (secondary N) is 2. The molecule has 1 saturated carbocycles. The molecule has 0 heterocycles. The minimum Gasteiger partial charge on any atom is -0.481 e. The quantitative estimate of drug-likeness (QED) is 0.700. The number of amides is 2. The second kappa shape index (κ2) is 6.47. The van der Waals surface area contributed by atoms with Crippen molar-refractivity contribution < 1.29 is 14.7 Å². The fraction of sp³-hybridized carbons (Fsp3) is 0.833. The molecule has 1 fully saturated rings. The molecule has 0 saturated heterocycles. The summed E-state index contributed by atoms with van der Waals surface area (Å²) in [6.45, 7) is 3.97. The zero-order chi connectivity index (χ0) is 12.8. The molecule has 0 spiro atoms. The molecule has 1 unspecified atom stereocenters. The summed E-state index contributed by atoms with van der Waals surface area (Å²) in [6.07, 6.45) is 4.33.